The molecule has 1 aliphatic heterocycles. The summed E-state index contributed by atoms with van der Waals surface area (Å²) in [6.07, 6.45) is 11.8. The zero-order valence-corrected chi connectivity index (χ0v) is 9.25. The fraction of sp³-hybridized carbons (Fsp3) is 0.846. The van der Waals surface area contributed by atoms with E-state index in [2.05, 4.69) is 26.0 Å². The number of rotatable bonds is 0. The van der Waals surface area contributed by atoms with E-state index in [1.165, 1.54) is 32.1 Å². The molecule has 4 atom stereocenters. The SMILES string of the molecule is CC1OC23C=CCC[C@@]2(C)CCC1C3. The second-order valence-corrected chi connectivity index (χ2v) is 5.72. The molecule has 0 aromatic heterocycles. The summed E-state index contributed by atoms with van der Waals surface area (Å²) in [5.74, 6) is 0.825. The summed E-state index contributed by atoms with van der Waals surface area (Å²) in [5, 5.41) is 0. The van der Waals surface area contributed by atoms with Gasteiger partial charge in [-0.15, -0.1) is 0 Å². The van der Waals surface area contributed by atoms with E-state index in [-0.39, 0.29) is 5.60 Å². The summed E-state index contributed by atoms with van der Waals surface area (Å²) in [4.78, 5) is 0. The molecule has 3 unspecified atom stereocenters. The van der Waals surface area contributed by atoms with Gasteiger partial charge in [0.15, 0.2) is 0 Å². The van der Waals surface area contributed by atoms with Gasteiger partial charge in [-0.3, -0.25) is 0 Å². The van der Waals surface area contributed by atoms with Crippen LogP contribution in [0.1, 0.15) is 46.0 Å². The Morgan fingerprint density at radius 1 is 1.36 bits per heavy atom. The first-order valence-corrected chi connectivity index (χ1v) is 6.01. The van der Waals surface area contributed by atoms with Crippen LogP contribution >= 0.6 is 0 Å². The first-order valence-electron chi connectivity index (χ1n) is 6.01. The third-order valence-corrected chi connectivity index (χ3v) is 4.96. The highest BCUT2D eigenvalue weighted by atomic mass is 16.5. The fourth-order valence-corrected chi connectivity index (χ4v) is 3.79. The first kappa shape index (κ1) is 8.96. The molecule has 0 aromatic rings. The Morgan fingerprint density at radius 2 is 2.21 bits per heavy atom. The van der Waals surface area contributed by atoms with Crippen molar-refractivity contribution in [1.82, 2.24) is 0 Å². The molecule has 3 aliphatic rings. The van der Waals surface area contributed by atoms with Gasteiger partial charge >= 0.3 is 0 Å². The van der Waals surface area contributed by atoms with Gasteiger partial charge in [-0.2, -0.15) is 0 Å². The van der Waals surface area contributed by atoms with Crippen LogP contribution in [0.5, 0.6) is 0 Å². The van der Waals surface area contributed by atoms with Crippen molar-refractivity contribution < 1.29 is 4.74 Å². The minimum Gasteiger partial charge on any atom is -0.367 e. The van der Waals surface area contributed by atoms with Crippen molar-refractivity contribution in [3.05, 3.63) is 12.2 Å². The molecule has 1 nitrogen and oxygen atoms in total. The summed E-state index contributed by atoms with van der Waals surface area (Å²) in [7, 11) is 0. The van der Waals surface area contributed by atoms with Gasteiger partial charge in [0.2, 0.25) is 0 Å². The summed E-state index contributed by atoms with van der Waals surface area (Å²) >= 11 is 0. The highest BCUT2D eigenvalue weighted by Crippen LogP contribution is 2.59. The molecule has 2 aliphatic carbocycles. The van der Waals surface area contributed by atoms with E-state index in [0.717, 1.165) is 5.92 Å². The second kappa shape index (κ2) is 2.63. The Bertz CT molecular complexity index is 279. The standard InChI is InChI=1S/C13H20O/c1-10-11-5-8-12(2)6-3-4-7-13(12,9-11)14-10/h4,7,10-11H,3,5-6,8-9H2,1-2H3/t10?,11?,12-,13?/m0/s1. The molecule has 2 fully saturated rings. The van der Waals surface area contributed by atoms with Gasteiger partial charge in [-0.1, -0.05) is 19.1 Å². The van der Waals surface area contributed by atoms with Crippen LogP contribution in [0.2, 0.25) is 0 Å². The van der Waals surface area contributed by atoms with Crippen LogP contribution in [0.4, 0.5) is 0 Å². The molecule has 1 saturated carbocycles. The lowest BCUT2D eigenvalue weighted by atomic mass is 9.59. The molecule has 1 spiro atoms. The highest BCUT2D eigenvalue weighted by molar-refractivity contribution is 5.20. The van der Waals surface area contributed by atoms with Crippen LogP contribution in [0.3, 0.4) is 0 Å². The van der Waals surface area contributed by atoms with Crippen molar-refractivity contribution in [1.29, 1.82) is 0 Å². The molecule has 0 N–H and O–H groups in total. The summed E-state index contributed by atoms with van der Waals surface area (Å²) in [6, 6.07) is 0. The molecule has 1 heteroatoms. The zero-order chi connectivity index (χ0) is 9.81. The average Bonchev–Trinajstić information content (AvgIpc) is 2.43. The maximum Gasteiger partial charge on any atom is 0.0923 e. The average molecular weight is 192 g/mol. The number of hydrogen-bond donors (Lipinski definition) is 0. The lowest BCUT2D eigenvalue weighted by Crippen LogP contribution is -2.48. The van der Waals surface area contributed by atoms with Gasteiger partial charge in [0.05, 0.1) is 11.7 Å². The van der Waals surface area contributed by atoms with E-state index in [1.807, 2.05) is 0 Å². The van der Waals surface area contributed by atoms with E-state index < -0.39 is 0 Å². The molecular formula is C13H20O. The van der Waals surface area contributed by atoms with Crippen molar-refractivity contribution in [2.45, 2.75) is 57.7 Å². The Morgan fingerprint density at radius 3 is 3.07 bits per heavy atom. The summed E-state index contributed by atoms with van der Waals surface area (Å²) in [6.45, 7) is 4.69. The molecule has 3 rings (SSSR count). The van der Waals surface area contributed by atoms with Crippen molar-refractivity contribution in [3.8, 4) is 0 Å². The predicted octanol–water partition coefficient (Wildman–Crippen LogP) is 3.30. The Kier molecular flexibility index (Phi) is 1.69. The molecule has 2 bridgehead atoms. The van der Waals surface area contributed by atoms with Crippen molar-refractivity contribution in [2.75, 3.05) is 0 Å². The van der Waals surface area contributed by atoms with Gasteiger partial charge < -0.3 is 4.74 Å². The molecule has 0 aromatic carbocycles. The van der Waals surface area contributed by atoms with Crippen LogP contribution < -0.4 is 0 Å². The zero-order valence-electron chi connectivity index (χ0n) is 9.25. The molecule has 1 heterocycles. The van der Waals surface area contributed by atoms with Crippen molar-refractivity contribution in [2.24, 2.45) is 11.3 Å². The van der Waals surface area contributed by atoms with Crippen molar-refractivity contribution >= 4 is 0 Å². The molecule has 1 saturated heterocycles. The third-order valence-electron chi connectivity index (χ3n) is 4.96. The Labute approximate surface area is 86.5 Å². The predicted molar refractivity (Wildman–Crippen MR) is 57.1 cm³/mol. The summed E-state index contributed by atoms with van der Waals surface area (Å²) in [5.41, 5.74) is 0.552. The number of allylic oxidation sites excluding steroid dienone is 1. The van der Waals surface area contributed by atoms with Crippen LogP contribution in [0, 0.1) is 11.3 Å². The van der Waals surface area contributed by atoms with Crippen molar-refractivity contribution in [3.63, 3.8) is 0 Å². The Hall–Kier alpha value is -0.300. The van der Waals surface area contributed by atoms with Gasteiger partial charge in [-0.05, 0) is 44.9 Å². The minimum absolute atomic E-state index is 0.119. The molecular weight excluding hydrogens is 172 g/mol. The number of fused-ring (bicyclic) bond motifs is 1. The van der Waals surface area contributed by atoms with E-state index >= 15 is 0 Å². The van der Waals surface area contributed by atoms with Gasteiger partial charge in [0.25, 0.3) is 0 Å². The quantitative estimate of drug-likeness (QED) is 0.535. The Balaban J connectivity index is 2.04. The monoisotopic (exact) mass is 192 g/mol. The second-order valence-electron chi connectivity index (χ2n) is 5.72. The highest BCUT2D eigenvalue weighted by Gasteiger charge is 2.58. The van der Waals surface area contributed by atoms with Gasteiger partial charge in [-0.25, -0.2) is 0 Å². The molecule has 14 heavy (non-hydrogen) atoms. The minimum atomic E-state index is 0.119. The molecule has 0 amide bonds. The van der Waals surface area contributed by atoms with Crippen LogP contribution in [0.25, 0.3) is 0 Å². The fourth-order valence-electron chi connectivity index (χ4n) is 3.79. The van der Waals surface area contributed by atoms with Gasteiger partial charge in [0, 0.05) is 5.41 Å². The topological polar surface area (TPSA) is 9.23 Å². The van der Waals surface area contributed by atoms with Crippen LogP contribution in [-0.2, 0) is 4.74 Å². The van der Waals surface area contributed by atoms with E-state index in [1.54, 1.807) is 0 Å². The van der Waals surface area contributed by atoms with Gasteiger partial charge in [0.1, 0.15) is 0 Å². The maximum absolute atomic E-state index is 6.29. The third kappa shape index (κ3) is 0.942. The molecule has 0 radical (unpaired) electrons. The largest absolute Gasteiger partial charge is 0.367 e. The number of hydrogen-bond acceptors (Lipinski definition) is 1. The summed E-state index contributed by atoms with van der Waals surface area (Å²) < 4.78 is 6.29. The lowest BCUT2D eigenvalue weighted by molar-refractivity contribution is -0.0890. The maximum atomic E-state index is 6.29. The van der Waals surface area contributed by atoms with E-state index in [9.17, 15) is 0 Å². The number of ether oxygens (including phenoxy) is 1. The molecule has 78 valence electrons. The van der Waals surface area contributed by atoms with E-state index in [4.69, 9.17) is 4.74 Å². The van der Waals surface area contributed by atoms with Crippen LogP contribution in [0.15, 0.2) is 12.2 Å². The van der Waals surface area contributed by atoms with Crippen LogP contribution in [-0.4, -0.2) is 11.7 Å². The lowest BCUT2D eigenvalue weighted by Gasteiger charge is -2.48. The normalized spacial score (nSPS) is 55.9. The van der Waals surface area contributed by atoms with E-state index in [0.29, 0.717) is 11.5 Å². The first-order chi connectivity index (χ1) is 6.65. The smallest absolute Gasteiger partial charge is 0.0923 e.